The summed E-state index contributed by atoms with van der Waals surface area (Å²) >= 11 is 0. The molecule has 4 nitrogen and oxygen atoms in total. The molecule has 6 heteroatoms. The van der Waals surface area contributed by atoms with Crippen LogP contribution in [-0.4, -0.2) is 26.2 Å². The molecular formula is C21H32Cl2N2O2. The molecule has 0 aliphatic carbocycles. The van der Waals surface area contributed by atoms with E-state index in [1.54, 1.807) is 0 Å². The maximum atomic E-state index is 6.13. The van der Waals surface area contributed by atoms with Gasteiger partial charge >= 0.3 is 0 Å². The largest absolute Gasteiger partial charge is 0.490 e. The Morgan fingerprint density at radius 2 is 1.56 bits per heavy atom. The lowest BCUT2D eigenvalue weighted by Crippen LogP contribution is -2.21. The fraction of sp³-hybridized carbons (Fsp3) is 0.429. The molecule has 0 aromatic heterocycles. The molecule has 2 aromatic carbocycles. The van der Waals surface area contributed by atoms with Crippen molar-refractivity contribution in [1.29, 1.82) is 0 Å². The fourth-order valence-corrected chi connectivity index (χ4v) is 2.60. The van der Waals surface area contributed by atoms with Crippen molar-refractivity contribution in [2.75, 3.05) is 26.2 Å². The Hall–Kier alpha value is -1.46. The minimum atomic E-state index is 0. The first kappa shape index (κ1) is 25.5. The number of rotatable bonds is 12. The molecular weight excluding hydrogens is 383 g/mol. The predicted molar refractivity (Wildman–Crippen MR) is 118 cm³/mol. The highest BCUT2D eigenvalue weighted by molar-refractivity contribution is 5.85. The highest BCUT2D eigenvalue weighted by Crippen LogP contribution is 2.32. The number of hydrogen-bond acceptors (Lipinski definition) is 4. The Kier molecular flexibility index (Phi) is 14.7. The van der Waals surface area contributed by atoms with Crippen LogP contribution in [-0.2, 0) is 13.2 Å². The summed E-state index contributed by atoms with van der Waals surface area (Å²) in [6, 6.07) is 16.3. The Morgan fingerprint density at radius 1 is 0.815 bits per heavy atom. The lowest BCUT2D eigenvalue weighted by atomic mass is 10.1. The predicted octanol–water partition coefficient (Wildman–Crippen LogP) is 4.60. The van der Waals surface area contributed by atoms with Gasteiger partial charge in [0.1, 0.15) is 6.61 Å². The van der Waals surface area contributed by atoms with E-state index in [9.17, 15) is 0 Å². The van der Waals surface area contributed by atoms with Gasteiger partial charge in [-0.2, -0.15) is 0 Å². The lowest BCUT2D eigenvalue weighted by molar-refractivity contribution is 0.266. The van der Waals surface area contributed by atoms with Crippen molar-refractivity contribution < 1.29 is 9.47 Å². The molecule has 27 heavy (non-hydrogen) atoms. The monoisotopic (exact) mass is 414 g/mol. The zero-order valence-corrected chi connectivity index (χ0v) is 17.8. The minimum Gasteiger partial charge on any atom is -0.490 e. The molecule has 0 fully saturated rings. The van der Waals surface area contributed by atoms with Crippen LogP contribution in [0.25, 0.3) is 0 Å². The lowest BCUT2D eigenvalue weighted by Gasteiger charge is -2.16. The number of halogens is 2. The second-order valence-corrected chi connectivity index (χ2v) is 5.84. The van der Waals surface area contributed by atoms with Crippen molar-refractivity contribution >= 4 is 24.8 Å². The third-order valence-corrected chi connectivity index (χ3v) is 3.86. The van der Waals surface area contributed by atoms with Gasteiger partial charge in [-0.3, -0.25) is 0 Å². The summed E-state index contributed by atoms with van der Waals surface area (Å²) < 4.78 is 11.9. The molecule has 0 bridgehead atoms. The van der Waals surface area contributed by atoms with Gasteiger partial charge < -0.3 is 20.1 Å². The zero-order chi connectivity index (χ0) is 17.7. The molecule has 0 amide bonds. The van der Waals surface area contributed by atoms with Crippen LogP contribution in [0.2, 0.25) is 0 Å². The third kappa shape index (κ3) is 9.34. The van der Waals surface area contributed by atoms with Crippen LogP contribution in [0, 0.1) is 0 Å². The van der Waals surface area contributed by atoms with E-state index in [1.807, 2.05) is 37.3 Å². The Bertz CT molecular complexity index is 612. The van der Waals surface area contributed by atoms with Gasteiger partial charge in [-0.15, -0.1) is 24.8 Å². The molecule has 0 atom stereocenters. The maximum Gasteiger partial charge on any atom is 0.166 e. The summed E-state index contributed by atoms with van der Waals surface area (Å²) in [5, 5.41) is 6.83. The molecule has 0 aliphatic rings. The van der Waals surface area contributed by atoms with Gasteiger partial charge in [-0.1, -0.05) is 49.4 Å². The topological polar surface area (TPSA) is 42.5 Å². The van der Waals surface area contributed by atoms with Gasteiger partial charge in [0.05, 0.1) is 6.61 Å². The molecule has 0 unspecified atom stereocenters. The van der Waals surface area contributed by atoms with Crippen LogP contribution >= 0.6 is 24.8 Å². The first-order valence-corrected chi connectivity index (χ1v) is 9.18. The van der Waals surface area contributed by atoms with Crippen molar-refractivity contribution in [2.24, 2.45) is 0 Å². The van der Waals surface area contributed by atoms with Crippen LogP contribution in [0.3, 0.4) is 0 Å². The molecule has 0 radical (unpaired) electrons. The van der Waals surface area contributed by atoms with E-state index in [4.69, 9.17) is 9.47 Å². The van der Waals surface area contributed by atoms with Gasteiger partial charge in [0, 0.05) is 12.1 Å². The van der Waals surface area contributed by atoms with E-state index >= 15 is 0 Å². The van der Waals surface area contributed by atoms with Crippen LogP contribution in [0.4, 0.5) is 0 Å². The van der Waals surface area contributed by atoms with Crippen LogP contribution < -0.4 is 20.1 Å². The van der Waals surface area contributed by atoms with Crippen molar-refractivity contribution in [3.05, 3.63) is 59.7 Å². The molecule has 0 saturated carbocycles. The summed E-state index contributed by atoms with van der Waals surface area (Å²) in [6.45, 7) is 9.10. The molecule has 0 heterocycles. The Labute approximate surface area is 175 Å². The number of hydrogen-bond donors (Lipinski definition) is 2. The van der Waals surface area contributed by atoms with Crippen LogP contribution in [0.1, 0.15) is 31.4 Å². The van der Waals surface area contributed by atoms with E-state index in [0.29, 0.717) is 13.2 Å². The van der Waals surface area contributed by atoms with Crippen LogP contribution in [0.5, 0.6) is 11.5 Å². The van der Waals surface area contributed by atoms with Gasteiger partial charge in [0.25, 0.3) is 0 Å². The van der Waals surface area contributed by atoms with Crippen molar-refractivity contribution in [3.63, 3.8) is 0 Å². The molecule has 0 aliphatic heterocycles. The Morgan fingerprint density at radius 3 is 2.26 bits per heavy atom. The summed E-state index contributed by atoms with van der Waals surface area (Å²) in [5.74, 6) is 1.65. The molecule has 2 aromatic rings. The highest BCUT2D eigenvalue weighted by atomic mass is 35.5. The van der Waals surface area contributed by atoms with Gasteiger partial charge in [0.2, 0.25) is 0 Å². The normalized spacial score (nSPS) is 9.85. The summed E-state index contributed by atoms with van der Waals surface area (Å²) in [5.41, 5.74) is 2.28. The Balaban J connectivity index is 0.00000338. The average Bonchev–Trinajstić information content (AvgIpc) is 2.65. The number of benzene rings is 2. The smallest absolute Gasteiger partial charge is 0.166 e. The summed E-state index contributed by atoms with van der Waals surface area (Å²) in [7, 11) is 0. The quantitative estimate of drug-likeness (QED) is 0.498. The first-order chi connectivity index (χ1) is 12.3. The highest BCUT2D eigenvalue weighted by Gasteiger charge is 2.11. The number of para-hydroxylation sites is 1. The van der Waals surface area contributed by atoms with Crippen molar-refractivity contribution in [2.45, 2.75) is 33.4 Å². The first-order valence-electron chi connectivity index (χ1n) is 9.18. The number of ether oxygens (including phenoxy) is 2. The van der Waals surface area contributed by atoms with E-state index in [-0.39, 0.29) is 24.8 Å². The van der Waals surface area contributed by atoms with E-state index in [2.05, 4.69) is 35.8 Å². The van der Waals surface area contributed by atoms with Crippen molar-refractivity contribution in [3.8, 4) is 11.5 Å². The molecule has 2 N–H and O–H groups in total. The second kappa shape index (κ2) is 15.6. The van der Waals surface area contributed by atoms with Gasteiger partial charge in [-0.05, 0) is 44.6 Å². The second-order valence-electron chi connectivity index (χ2n) is 5.84. The summed E-state index contributed by atoms with van der Waals surface area (Å²) in [6.07, 6.45) is 1.11. The van der Waals surface area contributed by atoms with Gasteiger partial charge in [0.15, 0.2) is 11.5 Å². The van der Waals surface area contributed by atoms with Crippen molar-refractivity contribution in [1.82, 2.24) is 10.6 Å². The van der Waals surface area contributed by atoms with Crippen LogP contribution in [0.15, 0.2) is 48.5 Å². The van der Waals surface area contributed by atoms with E-state index in [1.165, 1.54) is 0 Å². The van der Waals surface area contributed by atoms with E-state index in [0.717, 1.165) is 55.2 Å². The molecule has 152 valence electrons. The standard InChI is InChI=1S/C21H30N2O2.2ClH/c1-3-22-14-9-15-23-16-19-12-8-13-20(24-4-2)21(19)25-17-18-10-6-5-7-11-18;;/h5-8,10-13,22-23H,3-4,9,14-17H2,1-2H3;2*1H. The average molecular weight is 415 g/mol. The third-order valence-electron chi connectivity index (χ3n) is 3.86. The molecule has 0 saturated heterocycles. The number of nitrogens with one attached hydrogen (secondary N) is 2. The fourth-order valence-electron chi connectivity index (χ4n) is 2.60. The van der Waals surface area contributed by atoms with E-state index < -0.39 is 0 Å². The maximum absolute atomic E-state index is 6.13. The van der Waals surface area contributed by atoms with Gasteiger partial charge in [-0.25, -0.2) is 0 Å². The summed E-state index contributed by atoms with van der Waals surface area (Å²) in [4.78, 5) is 0. The minimum absolute atomic E-state index is 0. The molecule has 2 rings (SSSR count). The molecule has 0 spiro atoms. The SMILES string of the molecule is CCNCCCNCc1cccc(OCC)c1OCc1ccccc1.Cl.Cl. The zero-order valence-electron chi connectivity index (χ0n) is 16.2.